The van der Waals surface area contributed by atoms with E-state index < -0.39 is 5.82 Å². The molecule has 1 saturated heterocycles. The van der Waals surface area contributed by atoms with Crippen molar-refractivity contribution in [3.8, 4) is 0 Å². The third-order valence-corrected chi connectivity index (χ3v) is 5.63. The first-order valence-electron chi connectivity index (χ1n) is 9.46. The number of likely N-dealkylation sites (tertiary alicyclic amines) is 1. The van der Waals surface area contributed by atoms with Gasteiger partial charge in [-0.05, 0) is 37.9 Å². The summed E-state index contributed by atoms with van der Waals surface area (Å²) in [5, 5.41) is 0. The molecule has 0 unspecified atom stereocenters. The number of halogens is 3. The Labute approximate surface area is 187 Å². The summed E-state index contributed by atoms with van der Waals surface area (Å²) in [6.45, 7) is 5.26. The van der Waals surface area contributed by atoms with Gasteiger partial charge in [0.25, 0.3) is 5.91 Å². The first kappa shape index (κ1) is 24.0. The molecule has 0 spiro atoms. The fourth-order valence-corrected chi connectivity index (χ4v) is 3.98. The second kappa shape index (κ2) is 9.69. The lowest BCUT2D eigenvalue weighted by atomic mass is 9.89. The van der Waals surface area contributed by atoms with Crippen molar-refractivity contribution in [2.45, 2.75) is 19.8 Å². The molecular formula is C22H25Cl2FN4O. The molecule has 2 aromatic carbocycles. The molecule has 0 radical (unpaired) electrons. The molecule has 1 aromatic heterocycles. The lowest BCUT2D eigenvalue weighted by molar-refractivity contribution is 0.0787. The van der Waals surface area contributed by atoms with Gasteiger partial charge in [-0.25, -0.2) is 14.4 Å². The van der Waals surface area contributed by atoms with Crippen LogP contribution in [0.15, 0.2) is 42.5 Å². The smallest absolute Gasteiger partial charge is 0.256 e. The molecule has 0 saturated carbocycles. The van der Waals surface area contributed by atoms with Crippen molar-refractivity contribution in [2.75, 3.05) is 19.6 Å². The van der Waals surface area contributed by atoms with Gasteiger partial charge in [0.05, 0.1) is 22.5 Å². The topological polar surface area (TPSA) is 72.1 Å². The van der Waals surface area contributed by atoms with E-state index in [9.17, 15) is 9.18 Å². The van der Waals surface area contributed by atoms with E-state index in [1.807, 2.05) is 32.0 Å². The molecular weight excluding hydrogens is 426 g/mol. The van der Waals surface area contributed by atoms with Gasteiger partial charge in [-0.2, -0.15) is 0 Å². The van der Waals surface area contributed by atoms with Crippen molar-refractivity contribution in [2.24, 2.45) is 11.7 Å². The molecule has 1 aliphatic rings. The summed E-state index contributed by atoms with van der Waals surface area (Å²) < 4.78 is 14.2. The Kier molecular flexibility index (Phi) is 7.75. The Bertz CT molecular complexity index is 1050. The Morgan fingerprint density at radius 2 is 1.77 bits per heavy atom. The van der Waals surface area contributed by atoms with E-state index in [0.29, 0.717) is 30.7 Å². The highest BCUT2D eigenvalue weighted by Gasteiger charge is 2.36. The van der Waals surface area contributed by atoms with Crippen LogP contribution in [0.25, 0.3) is 11.0 Å². The van der Waals surface area contributed by atoms with Crippen LogP contribution >= 0.6 is 24.8 Å². The highest BCUT2D eigenvalue weighted by atomic mass is 35.5. The zero-order valence-corrected chi connectivity index (χ0v) is 18.5. The minimum atomic E-state index is -0.484. The van der Waals surface area contributed by atoms with Crippen LogP contribution in [-0.2, 0) is 0 Å². The van der Waals surface area contributed by atoms with Gasteiger partial charge in [0.1, 0.15) is 11.3 Å². The number of carbonyl (C=O) groups is 1. The molecule has 4 rings (SSSR count). The van der Waals surface area contributed by atoms with Crippen LogP contribution in [0.2, 0.25) is 0 Å². The lowest BCUT2D eigenvalue weighted by Crippen LogP contribution is -2.30. The summed E-state index contributed by atoms with van der Waals surface area (Å²) in [7, 11) is 0. The summed E-state index contributed by atoms with van der Waals surface area (Å²) in [5.41, 5.74) is 9.73. The van der Waals surface area contributed by atoms with Gasteiger partial charge in [0, 0.05) is 25.1 Å². The molecule has 2 N–H and O–H groups in total. The van der Waals surface area contributed by atoms with Crippen molar-refractivity contribution in [1.82, 2.24) is 14.9 Å². The second-order valence-electron chi connectivity index (χ2n) is 7.44. The zero-order chi connectivity index (χ0) is 19.8. The van der Waals surface area contributed by atoms with E-state index in [-0.39, 0.29) is 48.1 Å². The normalized spacial score (nSPS) is 18.1. The van der Waals surface area contributed by atoms with Crippen molar-refractivity contribution in [1.29, 1.82) is 0 Å². The molecule has 8 heteroatoms. The summed E-state index contributed by atoms with van der Waals surface area (Å²) in [6.07, 6.45) is 0. The van der Waals surface area contributed by atoms with Crippen molar-refractivity contribution < 1.29 is 9.18 Å². The number of rotatable bonds is 3. The largest absolute Gasteiger partial charge is 0.338 e. The number of fused-ring (bicyclic) bond motifs is 1. The first-order valence-corrected chi connectivity index (χ1v) is 9.46. The monoisotopic (exact) mass is 450 g/mol. The van der Waals surface area contributed by atoms with Crippen LogP contribution < -0.4 is 5.73 Å². The Balaban J connectivity index is 0.00000160. The van der Waals surface area contributed by atoms with E-state index in [2.05, 4.69) is 22.1 Å². The Morgan fingerprint density at radius 1 is 1.10 bits per heavy atom. The van der Waals surface area contributed by atoms with Crippen molar-refractivity contribution >= 4 is 41.8 Å². The third kappa shape index (κ3) is 4.41. The van der Waals surface area contributed by atoms with Gasteiger partial charge >= 0.3 is 0 Å². The van der Waals surface area contributed by atoms with Gasteiger partial charge in [-0.3, -0.25) is 4.79 Å². The van der Waals surface area contributed by atoms with E-state index in [0.717, 1.165) is 11.4 Å². The van der Waals surface area contributed by atoms with E-state index >= 15 is 0 Å². The molecule has 5 nitrogen and oxygen atoms in total. The van der Waals surface area contributed by atoms with Crippen LogP contribution in [-0.4, -0.2) is 40.4 Å². The second-order valence-corrected chi connectivity index (χ2v) is 7.44. The van der Waals surface area contributed by atoms with Crippen LogP contribution in [0.1, 0.15) is 33.2 Å². The predicted octanol–water partition coefficient (Wildman–Crippen LogP) is 4.04. The SMILES string of the molecule is Cc1nc2cc(F)cc(C(=O)N3C[C@@H](CN)[C@H](c4ccccc4)C3)c2nc1C.Cl.Cl. The number of nitrogens with zero attached hydrogens (tertiary/aromatic N) is 3. The summed E-state index contributed by atoms with van der Waals surface area (Å²) in [4.78, 5) is 24.0. The molecule has 160 valence electrons. The van der Waals surface area contributed by atoms with Crippen LogP contribution in [0.4, 0.5) is 4.39 Å². The highest BCUT2D eigenvalue weighted by molar-refractivity contribution is 6.05. The average Bonchev–Trinajstić information content (AvgIpc) is 3.13. The van der Waals surface area contributed by atoms with Crippen LogP contribution in [0.5, 0.6) is 0 Å². The molecule has 0 aliphatic carbocycles. The van der Waals surface area contributed by atoms with E-state index in [4.69, 9.17) is 5.73 Å². The van der Waals surface area contributed by atoms with Gasteiger partial charge in [-0.1, -0.05) is 30.3 Å². The fraction of sp³-hybridized carbons (Fsp3) is 0.318. The highest BCUT2D eigenvalue weighted by Crippen LogP contribution is 2.33. The number of hydrogen-bond donors (Lipinski definition) is 1. The summed E-state index contributed by atoms with van der Waals surface area (Å²) >= 11 is 0. The van der Waals surface area contributed by atoms with E-state index in [1.54, 1.807) is 4.90 Å². The summed E-state index contributed by atoms with van der Waals surface area (Å²) in [5.74, 6) is -0.368. The standard InChI is InChI=1S/C22H23FN4O.2ClH/c1-13-14(2)26-21-18(8-17(23)9-20(21)25-13)22(28)27-11-16(10-24)19(12-27)15-6-4-3-5-7-15;;/h3-9,16,19H,10-12,24H2,1-2H3;2*1H/t16-,19+;;/m1../s1. The summed E-state index contributed by atoms with van der Waals surface area (Å²) in [6, 6.07) is 12.7. The first-order chi connectivity index (χ1) is 13.5. The Morgan fingerprint density at radius 3 is 2.43 bits per heavy atom. The minimum absolute atomic E-state index is 0. The maximum atomic E-state index is 14.2. The number of carbonyl (C=O) groups excluding carboxylic acids is 1. The number of amides is 1. The van der Waals surface area contributed by atoms with Crippen LogP contribution in [0, 0.1) is 25.6 Å². The number of benzene rings is 2. The lowest BCUT2D eigenvalue weighted by Gasteiger charge is -2.18. The van der Waals surface area contributed by atoms with Crippen molar-refractivity contribution in [3.05, 3.63) is 70.8 Å². The number of hydrogen-bond acceptors (Lipinski definition) is 4. The van der Waals surface area contributed by atoms with Gasteiger partial charge in [-0.15, -0.1) is 24.8 Å². The molecule has 2 atom stereocenters. The van der Waals surface area contributed by atoms with Gasteiger partial charge < -0.3 is 10.6 Å². The maximum Gasteiger partial charge on any atom is 0.256 e. The quantitative estimate of drug-likeness (QED) is 0.653. The Hall–Kier alpha value is -2.28. The minimum Gasteiger partial charge on any atom is -0.338 e. The molecule has 0 bridgehead atoms. The maximum absolute atomic E-state index is 14.2. The molecule has 1 amide bonds. The van der Waals surface area contributed by atoms with Crippen LogP contribution in [0.3, 0.4) is 0 Å². The molecule has 30 heavy (non-hydrogen) atoms. The third-order valence-electron chi connectivity index (χ3n) is 5.63. The number of nitrogens with two attached hydrogens (primary N) is 1. The zero-order valence-electron chi connectivity index (χ0n) is 16.8. The number of aromatic nitrogens is 2. The van der Waals surface area contributed by atoms with Crippen molar-refractivity contribution in [3.63, 3.8) is 0 Å². The molecule has 1 fully saturated rings. The molecule has 3 aromatic rings. The average molecular weight is 451 g/mol. The van der Waals surface area contributed by atoms with Gasteiger partial charge in [0.2, 0.25) is 0 Å². The predicted molar refractivity (Wildman–Crippen MR) is 121 cm³/mol. The van der Waals surface area contributed by atoms with Gasteiger partial charge in [0.15, 0.2) is 0 Å². The molecule has 1 aliphatic heterocycles. The fourth-order valence-electron chi connectivity index (χ4n) is 3.98. The number of aryl methyl sites for hydroxylation is 2. The molecule has 2 heterocycles. The van der Waals surface area contributed by atoms with E-state index in [1.165, 1.54) is 17.7 Å².